The summed E-state index contributed by atoms with van der Waals surface area (Å²) < 4.78 is 0. The first-order chi connectivity index (χ1) is 12.0. The molecule has 0 unspecified atom stereocenters. The molecule has 2 aromatic rings. The topological polar surface area (TPSA) is 35.6 Å². The summed E-state index contributed by atoms with van der Waals surface area (Å²) in [7, 11) is 0. The number of urea groups is 1. The van der Waals surface area contributed by atoms with Gasteiger partial charge in [-0.3, -0.25) is 0 Å². The molecule has 0 radical (unpaired) electrons. The lowest BCUT2D eigenvalue weighted by Gasteiger charge is -2.36. The quantitative estimate of drug-likeness (QED) is 0.863. The van der Waals surface area contributed by atoms with Crippen LogP contribution in [0.15, 0.2) is 42.5 Å². The molecule has 0 spiro atoms. The molecule has 0 saturated carbocycles. The fraction of sp³-hybridized carbons (Fsp3) is 0.316. The van der Waals surface area contributed by atoms with Gasteiger partial charge in [-0.2, -0.15) is 0 Å². The lowest BCUT2D eigenvalue weighted by Crippen LogP contribution is -2.51. The molecule has 0 atom stereocenters. The molecule has 1 fully saturated rings. The summed E-state index contributed by atoms with van der Waals surface area (Å²) in [6.45, 7) is 5.51. The van der Waals surface area contributed by atoms with Crippen molar-refractivity contribution in [2.75, 3.05) is 31.1 Å². The minimum atomic E-state index is -0.0182. The van der Waals surface area contributed by atoms with E-state index >= 15 is 0 Å². The molecule has 4 nitrogen and oxygen atoms in total. The number of carbonyl (C=O) groups excluding carboxylic acids is 1. The second kappa shape index (κ2) is 7.98. The molecule has 0 aromatic heterocycles. The number of nitrogens with one attached hydrogen (secondary N) is 1. The Morgan fingerprint density at radius 3 is 2.48 bits per heavy atom. The number of piperazine rings is 1. The van der Waals surface area contributed by atoms with Crippen LogP contribution in [0.2, 0.25) is 10.0 Å². The van der Waals surface area contributed by atoms with Crippen LogP contribution >= 0.6 is 23.2 Å². The molecule has 0 bridgehead atoms. The Kier molecular flexibility index (Phi) is 5.71. The summed E-state index contributed by atoms with van der Waals surface area (Å²) in [5.41, 5.74) is 3.35. The van der Waals surface area contributed by atoms with Crippen molar-refractivity contribution in [3.05, 3.63) is 63.6 Å². The van der Waals surface area contributed by atoms with E-state index in [4.69, 9.17) is 23.2 Å². The number of anilines is 1. The zero-order valence-electron chi connectivity index (χ0n) is 14.1. The monoisotopic (exact) mass is 377 g/mol. The van der Waals surface area contributed by atoms with E-state index in [9.17, 15) is 4.79 Å². The van der Waals surface area contributed by atoms with Crippen molar-refractivity contribution in [1.29, 1.82) is 0 Å². The highest BCUT2D eigenvalue weighted by molar-refractivity contribution is 6.42. The predicted molar refractivity (Wildman–Crippen MR) is 104 cm³/mol. The van der Waals surface area contributed by atoms with E-state index in [1.54, 1.807) is 6.07 Å². The Bertz CT molecular complexity index is 758. The molecule has 2 amide bonds. The van der Waals surface area contributed by atoms with Crippen molar-refractivity contribution in [2.45, 2.75) is 13.5 Å². The molecule has 132 valence electrons. The second-order valence-electron chi connectivity index (χ2n) is 6.22. The van der Waals surface area contributed by atoms with Gasteiger partial charge in [-0.1, -0.05) is 53.0 Å². The SMILES string of the molecule is Cc1cccc(CNC(=O)N2CCN(c3ccc(Cl)c(Cl)c3)CC2)c1. The Balaban J connectivity index is 1.51. The van der Waals surface area contributed by atoms with E-state index in [0.717, 1.165) is 24.3 Å². The third-order valence-electron chi connectivity index (χ3n) is 4.36. The molecule has 3 rings (SSSR count). The summed E-state index contributed by atoms with van der Waals surface area (Å²) in [5, 5.41) is 4.11. The van der Waals surface area contributed by atoms with Crippen LogP contribution in [0.4, 0.5) is 10.5 Å². The Morgan fingerprint density at radius 1 is 1.04 bits per heavy atom. The van der Waals surface area contributed by atoms with Crippen molar-refractivity contribution in [1.82, 2.24) is 10.2 Å². The summed E-state index contributed by atoms with van der Waals surface area (Å²) in [4.78, 5) is 16.4. The number of aryl methyl sites for hydroxylation is 1. The van der Waals surface area contributed by atoms with Crippen LogP contribution in [0.1, 0.15) is 11.1 Å². The zero-order chi connectivity index (χ0) is 17.8. The number of carbonyl (C=O) groups is 1. The number of amides is 2. The first kappa shape index (κ1) is 17.9. The predicted octanol–water partition coefficient (Wildman–Crippen LogP) is 4.33. The smallest absolute Gasteiger partial charge is 0.317 e. The molecule has 25 heavy (non-hydrogen) atoms. The second-order valence-corrected chi connectivity index (χ2v) is 7.03. The van der Waals surface area contributed by atoms with Gasteiger partial charge in [-0.05, 0) is 30.7 Å². The van der Waals surface area contributed by atoms with E-state index in [0.29, 0.717) is 29.7 Å². The van der Waals surface area contributed by atoms with E-state index < -0.39 is 0 Å². The van der Waals surface area contributed by atoms with Crippen molar-refractivity contribution >= 4 is 34.9 Å². The zero-order valence-corrected chi connectivity index (χ0v) is 15.6. The first-order valence-electron chi connectivity index (χ1n) is 8.31. The minimum absolute atomic E-state index is 0.0182. The van der Waals surface area contributed by atoms with Gasteiger partial charge < -0.3 is 15.1 Å². The number of rotatable bonds is 3. The Hall–Kier alpha value is -1.91. The minimum Gasteiger partial charge on any atom is -0.368 e. The Morgan fingerprint density at radius 2 is 1.80 bits per heavy atom. The number of hydrogen-bond donors (Lipinski definition) is 1. The molecule has 1 heterocycles. The molecular weight excluding hydrogens is 357 g/mol. The third kappa shape index (κ3) is 4.59. The van der Waals surface area contributed by atoms with Crippen LogP contribution < -0.4 is 10.2 Å². The van der Waals surface area contributed by atoms with Gasteiger partial charge in [0.2, 0.25) is 0 Å². The highest BCUT2D eigenvalue weighted by atomic mass is 35.5. The van der Waals surface area contributed by atoms with Crippen LogP contribution in [0.5, 0.6) is 0 Å². The first-order valence-corrected chi connectivity index (χ1v) is 9.07. The number of benzene rings is 2. The highest BCUT2D eigenvalue weighted by Gasteiger charge is 2.21. The molecule has 0 aliphatic carbocycles. The van der Waals surface area contributed by atoms with Gasteiger partial charge in [-0.15, -0.1) is 0 Å². The van der Waals surface area contributed by atoms with Gasteiger partial charge in [0, 0.05) is 38.4 Å². The summed E-state index contributed by atoms with van der Waals surface area (Å²) in [6, 6.07) is 13.8. The standard InChI is InChI=1S/C19H21Cl2N3O/c1-14-3-2-4-15(11-14)13-22-19(25)24-9-7-23(8-10-24)16-5-6-17(20)18(21)12-16/h2-6,11-12H,7-10,13H2,1H3,(H,22,25). The van der Waals surface area contributed by atoms with E-state index in [1.165, 1.54) is 5.56 Å². The fourth-order valence-electron chi connectivity index (χ4n) is 2.96. The lowest BCUT2D eigenvalue weighted by molar-refractivity contribution is 0.194. The van der Waals surface area contributed by atoms with Gasteiger partial charge in [0.1, 0.15) is 0 Å². The average Bonchev–Trinajstić information content (AvgIpc) is 2.62. The lowest BCUT2D eigenvalue weighted by atomic mass is 10.1. The molecule has 2 aromatic carbocycles. The highest BCUT2D eigenvalue weighted by Crippen LogP contribution is 2.27. The number of nitrogens with zero attached hydrogens (tertiary/aromatic N) is 2. The van der Waals surface area contributed by atoms with Crippen LogP contribution in [0.3, 0.4) is 0 Å². The summed E-state index contributed by atoms with van der Waals surface area (Å²) in [5.74, 6) is 0. The van der Waals surface area contributed by atoms with Crippen molar-refractivity contribution in [3.63, 3.8) is 0 Å². The van der Waals surface area contributed by atoms with Gasteiger partial charge >= 0.3 is 6.03 Å². The average molecular weight is 378 g/mol. The maximum absolute atomic E-state index is 12.4. The third-order valence-corrected chi connectivity index (χ3v) is 5.10. The van der Waals surface area contributed by atoms with E-state index in [1.807, 2.05) is 42.2 Å². The molecule has 1 aliphatic heterocycles. The molecular formula is C19H21Cl2N3O. The number of halogens is 2. The van der Waals surface area contributed by atoms with Gasteiger partial charge in [0.25, 0.3) is 0 Å². The summed E-state index contributed by atoms with van der Waals surface area (Å²) >= 11 is 12.1. The van der Waals surface area contributed by atoms with Crippen LogP contribution in [0, 0.1) is 6.92 Å². The van der Waals surface area contributed by atoms with Crippen LogP contribution in [0.25, 0.3) is 0 Å². The van der Waals surface area contributed by atoms with Crippen LogP contribution in [-0.2, 0) is 6.54 Å². The van der Waals surface area contributed by atoms with Gasteiger partial charge in [-0.25, -0.2) is 4.79 Å². The largest absolute Gasteiger partial charge is 0.368 e. The van der Waals surface area contributed by atoms with Crippen molar-refractivity contribution < 1.29 is 4.79 Å². The van der Waals surface area contributed by atoms with Crippen LogP contribution in [-0.4, -0.2) is 37.1 Å². The molecule has 6 heteroatoms. The summed E-state index contributed by atoms with van der Waals surface area (Å²) in [6.07, 6.45) is 0. The molecule has 1 aliphatic rings. The van der Waals surface area contributed by atoms with E-state index in [-0.39, 0.29) is 6.03 Å². The van der Waals surface area contributed by atoms with Crippen molar-refractivity contribution in [2.24, 2.45) is 0 Å². The fourth-order valence-corrected chi connectivity index (χ4v) is 3.25. The molecule has 1 N–H and O–H groups in total. The van der Waals surface area contributed by atoms with Gasteiger partial charge in [0.15, 0.2) is 0 Å². The maximum atomic E-state index is 12.4. The van der Waals surface area contributed by atoms with Gasteiger partial charge in [0.05, 0.1) is 10.0 Å². The van der Waals surface area contributed by atoms with Crippen molar-refractivity contribution in [3.8, 4) is 0 Å². The Labute approximate surface area is 158 Å². The normalized spacial score (nSPS) is 14.5. The maximum Gasteiger partial charge on any atom is 0.317 e. The number of hydrogen-bond acceptors (Lipinski definition) is 2. The van der Waals surface area contributed by atoms with E-state index in [2.05, 4.69) is 16.3 Å². The molecule has 1 saturated heterocycles.